The highest BCUT2D eigenvalue weighted by molar-refractivity contribution is 7.52. The Morgan fingerprint density at radius 3 is 1.60 bits per heavy atom. The summed E-state index contributed by atoms with van der Waals surface area (Å²) in [7, 11) is -0.597. The average molecular weight is 1310 g/mol. The topological polar surface area (TPSA) is 378 Å². The zero-order valence-electron chi connectivity index (χ0n) is 51.5. The molecule has 0 amide bonds. The minimum absolute atomic E-state index is 0. The minimum Gasteiger partial charge on any atom is -0.462 e. The highest BCUT2D eigenvalue weighted by Crippen LogP contribution is 2.50. The van der Waals surface area contributed by atoms with Crippen LogP contribution in [0.25, 0.3) is 33.5 Å². The molecule has 3 saturated heterocycles. The van der Waals surface area contributed by atoms with Crippen LogP contribution in [0.5, 0.6) is 5.75 Å². The van der Waals surface area contributed by atoms with Crippen molar-refractivity contribution in [2.24, 2.45) is 5.92 Å². The Morgan fingerprint density at radius 1 is 0.722 bits per heavy atom. The Kier molecular flexibility index (Phi) is 22.2. The third-order valence-electron chi connectivity index (χ3n) is 15.5. The van der Waals surface area contributed by atoms with E-state index < -0.39 is 99.2 Å². The number of aliphatic hydroxyl groups excluding tert-OH is 3. The second-order valence-electron chi connectivity index (χ2n) is 22.8. The molecule has 14 atom stereocenters. The molecule has 90 heavy (non-hydrogen) atoms. The van der Waals surface area contributed by atoms with E-state index in [4.69, 9.17) is 56.8 Å². The summed E-state index contributed by atoms with van der Waals surface area (Å²) < 4.78 is 98.2. The maximum atomic E-state index is 16.2. The van der Waals surface area contributed by atoms with Gasteiger partial charge in [0.25, 0.3) is 0 Å². The zero-order chi connectivity index (χ0) is 65.2. The van der Waals surface area contributed by atoms with Crippen molar-refractivity contribution in [1.82, 2.24) is 63.6 Å². The van der Waals surface area contributed by atoms with Crippen molar-refractivity contribution >= 4 is 88.3 Å². The van der Waals surface area contributed by atoms with E-state index >= 15 is 13.2 Å². The summed E-state index contributed by atoms with van der Waals surface area (Å²) in [6.07, 6.45) is -2.80. The van der Waals surface area contributed by atoms with Gasteiger partial charge in [-0.05, 0) is 72.9 Å². The van der Waals surface area contributed by atoms with E-state index in [9.17, 15) is 24.7 Å². The van der Waals surface area contributed by atoms with Crippen molar-refractivity contribution in [3.8, 4) is 5.75 Å². The number of nitrogens with one attached hydrogen (secondary N) is 1. The molecular formula is C56H83ClF3N18O11P. The molecule has 29 nitrogen and oxygen atoms in total. The Hall–Kier alpha value is -6.87. The smallest absolute Gasteiger partial charge is 0.459 e. The van der Waals surface area contributed by atoms with Crippen LogP contribution < -0.4 is 36.6 Å². The second-order valence-corrected chi connectivity index (χ2v) is 24.9. The molecule has 0 spiro atoms. The molecule has 3 fully saturated rings. The molecule has 34 heteroatoms. The van der Waals surface area contributed by atoms with Gasteiger partial charge in [-0.1, -0.05) is 64.9 Å². The Labute approximate surface area is 523 Å². The monoisotopic (exact) mass is 1310 g/mol. The number of benzene rings is 1. The molecule has 496 valence electrons. The maximum Gasteiger partial charge on any atom is 0.459 e. The number of imidazole rings is 3. The molecule has 7 aromatic rings. The van der Waals surface area contributed by atoms with Gasteiger partial charge in [-0.3, -0.25) is 23.0 Å². The number of alkyl halides is 3. The van der Waals surface area contributed by atoms with Gasteiger partial charge in [-0.15, -0.1) is 0 Å². The lowest BCUT2D eigenvalue weighted by molar-refractivity contribution is -0.149. The van der Waals surface area contributed by atoms with Crippen molar-refractivity contribution in [3.63, 3.8) is 0 Å². The number of nitrogens with zero attached hydrogens (tertiary/aromatic N) is 14. The molecule has 6 aromatic heterocycles. The summed E-state index contributed by atoms with van der Waals surface area (Å²) in [5.41, 5.74) is 13.5. The van der Waals surface area contributed by atoms with Crippen LogP contribution in [0, 0.1) is 5.92 Å². The first-order valence-corrected chi connectivity index (χ1v) is 30.9. The number of rotatable bonds is 20. The lowest BCUT2D eigenvalue weighted by Gasteiger charge is -2.25. The molecule has 10 N–H and O–H groups in total. The summed E-state index contributed by atoms with van der Waals surface area (Å²) in [5.74, 6) is 0.299. The summed E-state index contributed by atoms with van der Waals surface area (Å²) in [5, 5.41) is 33.0. The molecule has 3 aliphatic heterocycles. The Balaban J connectivity index is 0.000000207. The minimum atomic E-state index is -4.29. The van der Waals surface area contributed by atoms with E-state index in [2.05, 4.69) is 49.9 Å². The Bertz CT molecular complexity index is 3630. The van der Waals surface area contributed by atoms with E-state index in [0.29, 0.717) is 46.0 Å². The van der Waals surface area contributed by atoms with Crippen molar-refractivity contribution in [1.29, 1.82) is 0 Å². The molecule has 10 rings (SSSR count). The van der Waals surface area contributed by atoms with Crippen LogP contribution in [-0.2, 0) is 32.8 Å². The largest absolute Gasteiger partial charge is 0.462 e. The Morgan fingerprint density at radius 2 is 1.16 bits per heavy atom. The van der Waals surface area contributed by atoms with Crippen LogP contribution in [0.4, 0.5) is 42.7 Å². The summed E-state index contributed by atoms with van der Waals surface area (Å²) in [6, 6.07) is 7.07. The number of nitrogens with two attached hydrogens (primary N) is 3. The molecular weight excluding hydrogens is 1220 g/mol. The molecule has 0 saturated carbocycles. The molecule has 0 aliphatic carbocycles. The highest BCUT2D eigenvalue weighted by atomic mass is 35.5. The van der Waals surface area contributed by atoms with Crippen molar-refractivity contribution in [3.05, 3.63) is 54.5 Å². The first-order chi connectivity index (χ1) is 41.9. The van der Waals surface area contributed by atoms with Gasteiger partial charge in [0.2, 0.25) is 17.8 Å². The molecule has 3 aliphatic rings. The number of aromatic nitrogens is 12. The second kappa shape index (κ2) is 28.3. The fourth-order valence-corrected chi connectivity index (χ4v) is 12.4. The van der Waals surface area contributed by atoms with Gasteiger partial charge in [-0.25, -0.2) is 32.7 Å². The number of carbonyl (C=O) groups is 1. The highest BCUT2D eigenvalue weighted by Gasteiger charge is 2.57. The van der Waals surface area contributed by atoms with Crippen molar-refractivity contribution in [2.75, 3.05) is 67.4 Å². The van der Waals surface area contributed by atoms with Gasteiger partial charge >= 0.3 is 13.7 Å². The number of halogens is 4. The molecule has 0 bridgehead atoms. The first-order valence-electron chi connectivity index (χ1n) is 29.0. The molecule has 9 heterocycles. The quantitative estimate of drug-likeness (QED) is 0.0230. The van der Waals surface area contributed by atoms with Gasteiger partial charge in [-0.2, -0.15) is 35.0 Å². The van der Waals surface area contributed by atoms with Gasteiger partial charge in [0.05, 0.1) is 44.4 Å². The van der Waals surface area contributed by atoms with Gasteiger partial charge in [0.1, 0.15) is 41.7 Å². The number of ether oxygens (including phenoxy) is 4. The maximum absolute atomic E-state index is 16.2. The number of para-hydroxylation sites is 1. The van der Waals surface area contributed by atoms with Crippen LogP contribution in [-0.4, -0.2) is 180 Å². The number of hydrogen-bond donors (Lipinski definition) is 7. The number of hydrogen-bond acceptors (Lipinski definition) is 25. The van der Waals surface area contributed by atoms with Gasteiger partial charge in [0, 0.05) is 33.1 Å². The van der Waals surface area contributed by atoms with Gasteiger partial charge < -0.3 is 65.8 Å². The predicted octanol–water partition coefficient (Wildman–Crippen LogP) is 6.98. The standard InChI is InChI=1S/C27H39FN7O7P.C15H23FN6O3.C13H17ClFN5O.CH4/c1-7-13-34(6)22-20-23(32-26(29)31-22)35(15-30-20)25-27(5,28)21(36)19(41-25)14-39-43(38,42-18-11-9-8-10-12-18)33-17(4)24(37)40-16(2)3;1-4-5-21(3)11-9-12(20-14(17)19-11)22(7-18-9)13-15(2,16)10(24)8(6-23)25-13;1-4-7-6(2)13(3,15)11(21-7)20-5-17-8-9(14)18-12(16)19-10(8)20;/h8-12,15-17,19,21,25,36H,7,13-14H2,1-6H3,(H,33,38)(H2,29,31,32);7-8,10,13,23-24H,4-6H2,1-3H3,(H2,17,19,20);5-7,11H,4H2,1-3H3,(H2,16,18,19);1H4/t17-,19+,21+,25+,27+,43?;8-,10-,13-,15-;6-,7-,11-,13-;/m011./s1. The number of fused-ring (bicyclic) bond motifs is 3. The number of esters is 1. The lowest BCUT2D eigenvalue weighted by Crippen LogP contribution is -2.41. The number of carbonyl (C=O) groups excluding carboxylic acids is 1. The first kappa shape index (κ1) is 70.6. The van der Waals surface area contributed by atoms with Crippen LogP contribution >= 0.6 is 19.3 Å². The van der Waals surface area contributed by atoms with E-state index in [1.807, 2.05) is 51.6 Å². The zero-order valence-corrected chi connectivity index (χ0v) is 53.1. The van der Waals surface area contributed by atoms with Gasteiger partial charge in [0.15, 0.2) is 80.5 Å². The van der Waals surface area contributed by atoms with E-state index in [1.54, 1.807) is 48.7 Å². The number of anilines is 5. The summed E-state index contributed by atoms with van der Waals surface area (Å²) in [6.45, 7) is 17.0. The van der Waals surface area contributed by atoms with E-state index in [1.165, 1.54) is 55.8 Å². The predicted molar refractivity (Wildman–Crippen MR) is 331 cm³/mol. The fraction of sp³-hybridized carbons (Fsp3) is 0.607. The molecule has 0 radical (unpaired) electrons. The van der Waals surface area contributed by atoms with Crippen LogP contribution in [0.2, 0.25) is 5.15 Å². The van der Waals surface area contributed by atoms with E-state index in [0.717, 1.165) is 25.8 Å². The average Bonchev–Trinajstić information content (AvgIpc) is 1.62. The summed E-state index contributed by atoms with van der Waals surface area (Å²) >= 11 is 6.00. The lowest BCUT2D eigenvalue weighted by atomic mass is 9.88. The normalized spacial score (nSPS) is 27.4. The molecule has 1 unspecified atom stereocenters. The third kappa shape index (κ3) is 14.4. The number of aliphatic hydroxyl groups is 3. The van der Waals surface area contributed by atoms with Crippen molar-refractivity contribution < 1.29 is 65.8 Å². The van der Waals surface area contributed by atoms with Crippen molar-refractivity contribution in [2.45, 2.75) is 174 Å². The summed E-state index contributed by atoms with van der Waals surface area (Å²) in [4.78, 5) is 54.0. The van der Waals surface area contributed by atoms with Crippen LogP contribution in [0.15, 0.2) is 49.3 Å². The molecule has 1 aromatic carbocycles. The van der Waals surface area contributed by atoms with Crippen LogP contribution in [0.3, 0.4) is 0 Å². The number of nitrogen functional groups attached to an aromatic ring is 3. The SMILES string of the molecule is C.CCCN(C)c1nc(N)nc2c1ncn2[C@@H]1O[C@H](CO)[C@@H](O)[C@@]1(C)F.CCCN(C)c1nc(N)nc2c1ncn2[C@@H]1O[C@H](COP(=O)(N[C@@H](C)C(=O)OC(C)C)Oc2ccccc2)[C@@H](O)[C@@]1(C)F.CC[C@H]1O[C@@H](n2cnc3c(Cl)nc(N)nc32)[C@](C)(F)[C@@H]1C. The fourth-order valence-electron chi connectivity index (χ4n) is 10.7. The van der Waals surface area contributed by atoms with Crippen LogP contribution in [0.1, 0.15) is 115 Å². The van der Waals surface area contributed by atoms with E-state index in [-0.39, 0.29) is 53.8 Å². The third-order valence-corrected chi connectivity index (χ3v) is 17.4.